The van der Waals surface area contributed by atoms with Crippen LogP contribution in [0.4, 0.5) is 11.8 Å². The van der Waals surface area contributed by atoms with Gasteiger partial charge in [-0.15, -0.1) is 0 Å². The molecule has 0 unspecified atom stereocenters. The van der Waals surface area contributed by atoms with Crippen LogP contribution in [0.3, 0.4) is 0 Å². The van der Waals surface area contributed by atoms with Crippen molar-refractivity contribution < 1.29 is 4.79 Å². The van der Waals surface area contributed by atoms with Crippen molar-refractivity contribution in [1.29, 1.82) is 0 Å². The third-order valence-corrected chi connectivity index (χ3v) is 5.94. The van der Waals surface area contributed by atoms with Crippen LogP contribution >= 0.6 is 0 Å². The molecule has 1 spiro atoms. The van der Waals surface area contributed by atoms with Crippen molar-refractivity contribution in [3.8, 4) is 0 Å². The van der Waals surface area contributed by atoms with Crippen LogP contribution in [0, 0.1) is 19.3 Å². The van der Waals surface area contributed by atoms with Gasteiger partial charge >= 0.3 is 0 Å². The van der Waals surface area contributed by atoms with Gasteiger partial charge in [-0.3, -0.25) is 14.8 Å². The quantitative estimate of drug-likeness (QED) is 0.866. The van der Waals surface area contributed by atoms with Gasteiger partial charge < -0.3 is 15.5 Å². The Kier molecular flexibility index (Phi) is 4.87. The Labute approximate surface area is 165 Å². The number of piperidine rings is 2. The smallest absolute Gasteiger partial charge is 0.222 e. The number of carbonyl (C=O) groups is 1. The molecule has 4 heterocycles. The zero-order chi connectivity index (χ0) is 19.7. The Balaban J connectivity index is 1.42. The first-order valence-electron chi connectivity index (χ1n) is 9.84. The number of carbonyl (C=O) groups excluding carboxylic acids is 1. The molecule has 2 N–H and O–H groups in total. The number of aryl methyl sites for hydroxylation is 2. The van der Waals surface area contributed by atoms with E-state index in [1.54, 1.807) is 12.4 Å². The summed E-state index contributed by atoms with van der Waals surface area (Å²) in [6, 6.07) is 1.99. The number of aromatic nitrogens is 4. The van der Waals surface area contributed by atoms with E-state index in [1.807, 2.05) is 24.8 Å². The van der Waals surface area contributed by atoms with E-state index >= 15 is 0 Å². The lowest BCUT2D eigenvalue weighted by Gasteiger charge is -2.47. The van der Waals surface area contributed by atoms with Gasteiger partial charge in [0.25, 0.3) is 0 Å². The van der Waals surface area contributed by atoms with Gasteiger partial charge in [-0.1, -0.05) is 0 Å². The minimum Gasteiger partial charge on any atom is -0.368 e. The Morgan fingerprint density at radius 1 is 1.07 bits per heavy atom. The summed E-state index contributed by atoms with van der Waals surface area (Å²) in [4.78, 5) is 34.0. The number of nitrogens with two attached hydrogens (primary N) is 1. The second-order valence-corrected chi connectivity index (χ2v) is 8.11. The Hall–Kier alpha value is -2.77. The van der Waals surface area contributed by atoms with E-state index in [0.717, 1.165) is 61.8 Å². The minimum atomic E-state index is 0.177. The molecule has 2 aliphatic heterocycles. The van der Waals surface area contributed by atoms with Gasteiger partial charge in [-0.05, 0) is 38.5 Å². The number of anilines is 2. The van der Waals surface area contributed by atoms with Crippen LogP contribution in [0.5, 0.6) is 0 Å². The van der Waals surface area contributed by atoms with Gasteiger partial charge in [0, 0.05) is 44.0 Å². The summed E-state index contributed by atoms with van der Waals surface area (Å²) in [5, 5.41) is 0. The predicted octanol–water partition coefficient (Wildman–Crippen LogP) is 1.87. The lowest BCUT2D eigenvalue weighted by Crippen LogP contribution is -2.51. The Morgan fingerprint density at radius 3 is 2.54 bits per heavy atom. The van der Waals surface area contributed by atoms with E-state index in [0.29, 0.717) is 18.9 Å². The molecule has 0 saturated carbocycles. The summed E-state index contributed by atoms with van der Waals surface area (Å²) < 4.78 is 0. The fourth-order valence-electron chi connectivity index (χ4n) is 4.30. The average Bonchev–Trinajstić information content (AvgIpc) is 2.67. The number of nitrogen functional groups attached to an aromatic ring is 1. The van der Waals surface area contributed by atoms with Crippen molar-refractivity contribution in [2.45, 2.75) is 46.1 Å². The highest BCUT2D eigenvalue weighted by Gasteiger charge is 2.41. The molecular formula is C20H27N7O. The lowest BCUT2D eigenvalue weighted by atomic mass is 9.72. The molecule has 0 aliphatic carbocycles. The molecule has 2 fully saturated rings. The summed E-state index contributed by atoms with van der Waals surface area (Å²) in [5.41, 5.74) is 8.61. The van der Waals surface area contributed by atoms with Crippen LogP contribution in [0.15, 0.2) is 18.5 Å². The maximum absolute atomic E-state index is 12.5. The molecule has 2 saturated heterocycles. The summed E-state index contributed by atoms with van der Waals surface area (Å²) in [5.74, 6) is 1.44. The highest BCUT2D eigenvalue weighted by molar-refractivity contribution is 5.77. The lowest BCUT2D eigenvalue weighted by molar-refractivity contribution is -0.139. The van der Waals surface area contributed by atoms with E-state index in [2.05, 4.69) is 24.8 Å². The van der Waals surface area contributed by atoms with Gasteiger partial charge in [0.2, 0.25) is 11.9 Å². The second kappa shape index (κ2) is 7.33. The Bertz CT molecular complexity index is 839. The molecule has 28 heavy (non-hydrogen) atoms. The molecule has 1 amide bonds. The summed E-state index contributed by atoms with van der Waals surface area (Å²) in [6.07, 6.45) is 7.18. The Morgan fingerprint density at radius 2 is 1.86 bits per heavy atom. The van der Waals surface area contributed by atoms with Crippen molar-refractivity contribution in [3.63, 3.8) is 0 Å². The third kappa shape index (κ3) is 3.90. The summed E-state index contributed by atoms with van der Waals surface area (Å²) in [7, 11) is 0. The van der Waals surface area contributed by atoms with Crippen LogP contribution in [-0.2, 0) is 11.3 Å². The summed E-state index contributed by atoms with van der Waals surface area (Å²) in [6.45, 7) is 7.02. The molecule has 8 nitrogen and oxygen atoms in total. The average molecular weight is 381 g/mol. The van der Waals surface area contributed by atoms with E-state index in [-0.39, 0.29) is 11.3 Å². The van der Waals surface area contributed by atoms with Crippen molar-refractivity contribution in [2.24, 2.45) is 5.41 Å². The number of rotatable bonds is 3. The van der Waals surface area contributed by atoms with Crippen LogP contribution in [-0.4, -0.2) is 50.4 Å². The number of amides is 1. The first-order chi connectivity index (χ1) is 13.4. The normalized spacial score (nSPS) is 19.3. The van der Waals surface area contributed by atoms with E-state index in [4.69, 9.17) is 5.73 Å². The van der Waals surface area contributed by atoms with Gasteiger partial charge in [-0.25, -0.2) is 4.98 Å². The molecule has 0 bridgehead atoms. The predicted molar refractivity (Wildman–Crippen MR) is 106 cm³/mol. The highest BCUT2D eigenvalue weighted by atomic mass is 16.2. The first-order valence-corrected chi connectivity index (χ1v) is 9.84. The molecule has 4 rings (SSSR count). The summed E-state index contributed by atoms with van der Waals surface area (Å²) >= 11 is 0. The first kappa shape index (κ1) is 18.6. The number of nitrogens with zero attached hydrogens (tertiary/aromatic N) is 6. The second-order valence-electron chi connectivity index (χ2n) is 8.11. The minimum absolute atomic E-state index is 0.177. The van der Waals surface area contributed by atoms with Crippen LogP contribution in [0.2, 0.25) is 0 Å². The molecule has 2 aromatic heterocycles. The zero-order valence-electron chi connectivity index (χ0n) is 16.6. The molecule has 0 radical (unpaired) electrons. The van der Waals surface area contributed by atoms with E-state index in [1.165, 1.54) is 0 Å². The van der Waals surface area contributed by atoms with Crippen LogP contribution < -0.4 is 10.6 Å². The van der Waals surface area contributed by atoms with Crippen LogP contribution in [0.1, 0.15) is 42.8 Å². The topological polar surface area (TPSA) is 101 Å². The monoisotopic (exact) mass is 381 g/mol. The van der Waals surface area contributed by atoms with Crippen molar-refractivity contribution in [1.82, 2.24) is 24.8 Å². The molecule has 2 aliphatic rings. The molecular weight excluding hydrogens is 354 g/mol. The van der Waals surface area contributed by atoms with Crippen molar-refractivity contribution in [3.05, 3.63) is 35.5 Å². The fourth-order valence-corrected chi connectivity index (χ4v) is 4.30. The maximum atomic E-state index is 12.5. The SMILES string of the molecule is Cc1cnc(CN2CC3(CCC2=O)CCN(c2cc(C)nc(N)n2)CC3)cn1. The molecule has 2 aromatic rings. The largest absolute Gasteiger partial charge is 0.368 e. The van der Waals surface area contributed by atoms with Gasteiger partial charge in [0.1, 0.15) is 5.82 Å². The van der Waals surface area contributed by atoms with E-state index < -0.39 is 0 Å². The van der Waals surface area contributed by atoms with Gasteiger partial charge in [-0.2, -0.15) is 4.98 Å². The highest BCUT2D eigenvalue weighted by Crippen LogP contribution is 2.41. The van der Waals surface area contributed by atoms with Crippen molar-refractivity contribution >= 4 is 17.7 Å². The van der Waals surface area contributed by atoms with Crippen LogP contribution in [0.25, 0.3) is 0 Å². The van der Waals surface area contributed by atoms with E-state index in [9.17, 15) is 4.79 Å². The molecule has 148 valence electrons. The fraction of sp³-hybridized carbons (Fsp3) is 0.550. The molecule has 0 aromatic carbocycles. The number of hydrogen-bond donors (Lipinski definition) is 1. The van der Waals surface area contributed by atoms with Gasteiger partial charge in [0.05, 0.1) is 24.1 Å². The molecule has 0 atom stereocenters. The zero-order valence-corrected chi connectivity index (χ0v) is 16.6. The maximum Gasteiger partial charge on any atom is 0.222 e. The van der Waals surface area contributed by atoms with Crippen molar-refractivity contribution in [2.75, 3.05) is 30.3 Å². The number of hydrogen-bond acceptors (Lipinski definition) is 7. The molecule has 8 heteroatoms. The van der Waals surface area contributed by atoms with Gasteiger partial charge in [0.15, 0.2) is 0 Å². The third-order valence-electron chi connectivity index (χ3n) is 5.94. The standard InChI is InChI=1S/C20H27N7O/c1-14-9-17(25-19(21)24-14)26-7-5-20(6-8-26)4-3-18(28)27(13-20)12-16-11-22-15(2)10-23-16/h9-11H,3-8,12-13H2,1-2H3,(H2,21,24,25). The number of likely N-dealkylation sites (tertiary alicyclic amines) is 1.